The largest absolute Gasteiger partial charge is 0.462 e. The minimum Gasteiger partial charge on any atom is -0.462 e. The number of hydrogen-bond acceptors (Lipinski definition) is 7. The molecule has 9 atom stereocenters. The minimum atomic E-state index is -0.286. The molecule has 1 aliphatic heterocycles. The van der Waals surface area contributed by atoms with E-state index < -0.39 is 0 Å². The van der Waals surface area contributed by atoms with E-state index in [1.165, 1.54) is 141 Å². The molecular formula is C56H99NO6. The molecule has 0 radical (unpaired) electrons. The van der Waals surface area contributed by atoms with Crippen LogP contribution in [0, 0.1) is 46.3 Å². The van der Waals surface area contributed by atoms with Gasteiger partial charge < -0.3 is 23.7 Å². The van der Waals surface area contributed by atoms with Crippen molar-refractivity contribution in [1.82, 2.24) is 4.90 Å². The monoisotopic (exact) mass is 882 g/mol. The zero-order chi connectivity index (χ0) is 44.8. The van der Waals surface area contributed by atoms with E-state index in [1.54, 1.807) is 5.57 Å². The highest BCUT2D eigenvalue weighted by Gasteiger charge is 2.59. The summed E-state index contributed by atoms with van der Waals surface area (Å²) in [7, 11) is 0. The van der Waals surface area contributed by atoms with Crippen LogP contribution in [0.15, 0.2) is 23.8 Å². The zero-order valence-electron chi connectivity index (χ0n) is 42.0. The maximum atomic E-state index is 12.9. The van der Waals surface area contributed by atoms with Gasteiger partial charge in [-0.2, -0.15) is 0 Å². The zero-order valence-corrected chi connectivity index (χ0v) is 42.0. The molecule has 5 aliphatic rings. The van der Waals surface area contributed by atoms with Gasteiger partial charge in [-0.1, -0.05) is 142 Å². The Labute approximate surface area is 388 Å². The molecule has 0 spiro atoms. The van der Waals surface area contributed by atoms with Gasteiger partial charge in [0.2, 0.25) is 0 Å². The summed E-state index contributed by atoms with van der Waals surface area (Å²) in [5.41, 5.74) is 2.42. The van der Waals surface area contributed by atoms with Gasteiger partial charge in [0.15, 0.2) is 0 Å². The van der Waals surface area contributed by atoms with Crippen LogP contribution in [0.25, 0.3) is 0 Å². The molecule has 1 heterocycles. The van der Waals surface area contributed by atoms with Gasteiger partial charge in [-0.15, -0.1) is 0 Å². The van der Waals surface area contributed by atoms with E-state index in [1.807, 2.05) is 0 Å². The Hall–Kier alpha value is -1.25. The third-order valence-corrected chi connectivity index (χ3v) is 17.1. The van der Waals surface area contributed by atoms with Crippen LogP contribution in [0.1, 0.15) is 202 Å². The summed E-state index contributed by atoms with van der Waals surface area (Å²) in [5, 5.41) is 0. The molecule has 3 saturated carbocycles. The number of fused-ring (bicyclic) bond motifs is 5. The van der Waals surface area contributed by atoms with Gasteiger partial charge in [-0.3, -0.25) is 4.90 Å². The highest BCUT2D eigenvalue weighted by Crippen LogP contribution is 2.67. The normalized spacial score (nSPS) is 29.6. The van der Waals surface area contributed by atoms with Gasteiger partial charge in [-0.25, -0.2) is 4.79 Å². The van der Waals surface area contributed by atoms with Crippen LogP contribution >= 0.6 is 0 Å². The van der Waals surface area contributed by atoms with Gasteiger partial charge in [0, 0.05) is 26.2 Å². The third-order valence-electron chi connectivity index (χ3n) is 17.1. The number of esters is 1. The minimum absolute atomic E-state index is 0.0224. The van der Waals surface area contributed by atoms with Crippen LogP contribution in [-0.2, 0) is 28.5 Å². The maximum absolute atomic E-state index is 12.9. The van der Waals surface area contributed by atoms with Crippen LogP contribution < -0.4 is 0 Å². The molecule has 9 unspecified atom stereocenters. The van der Waals surface area contributed by atoms with Crippen LogP contribution in [-0.4, -0.2) is 89.0 Å². The van der Waals surface area contributed by atoms with Gasteiger partial charge in [0.25, 0.3) is 0 Å². The Bertz CT molecular complexity index is 1310. The summed E-state index contributed by atoms with van der Waals surface area (Å²) >= 11 is 0. The van der Waals surface area contributed by atoms with Crippen molar-refractivity contribution in [2.45, 2.75) is 214 Å². The molecule has 0 aromatic heterocycles. The fourth-order valence-corrected chi connectivity index (χ4v) is 13.3. The Morgan fingerprint density at radius 3 is 2.25 bits per heavy atom. The standard InChI is InChI=1S/C56H99NO6/c1-7-8-9-10-11-12-13-14-15-16-17-18-19-20-21-22-36-60-43-49(42-57-34-37-59-38-35-57)61-39-40-62-54(58)44-63-48-30-32-55(5)47(41-48)26-27-50-52-29-28-51(46(4)25-23-24-45(2)3)56(52,6)33-31-53(50)55/h14-15,26,45-46,48-53H,7-13,16-25,27-44H2,1-6H3/b15-14-. The predicted octanol–water partition coefficient (Wildman–Crippen LogP) is 13.7. The molecule has 7 nitrogen and oxygen atoms in total. The van der Waals surface area contributed by atoms with E-state index in [0.717, 1.165) is 94.2 Å². The summed E-state index contributed by atoms with van der Waals surface area (Å²) in [6, 6.07) is 0. The lowest BCUT2D eigenvalue weighted by Gasteiger charge is -2.58. The van der Waals surface area contributed by atoms with Gasteiger partial charge in [-0.05, 0) is 130 Å². The van der Waals surface area contributed by atoms with Crippen LogP contribution in [0.4, 0.5) is 0 Å². The first kappa shape index (κ1) is 52.7. The number of ether oxygens (including phenoxy) is 5. The highest BCUT2D eigenvalue weighted by molar-refractivity contribution is 5.70. The van der Waals surface area contributed by atoms with Crippen LogP contribution in [0.3, 0.4) is 0 Å². The second kappa shape index (κ2) is 28.8. The average Bonchev–Trinajstić information content (AvgIpc) is 3.64. The van der Waals surface area contributed by atoms with Crippen molar-refractivity contribution in [3.05, 3.63) is 23.8 Å². The molecule has 0 aromatic carbocycles. The number of hydrogen-bond donors (Lipinski definition) is 0. The van der Waals surface area contributed by atoms with E-state index in [4.69, 9.17) is 23.7 Å². The second-order valence-corrected chi connectivity index (χ2v) is 22.1. The number of carbonyl (C=O) groups excluding carboxylic acids is 1. The number of rotatable bonds is 32. The third kappa shape index (κ3) is 17.1. The Kier molecular flexibility index (Phi) is 24.1. The van der Waals surface area contributed by atoms with Crippen molar-refractivity contribution < 1.29 is 28.5 Å². The second-order valence-electron chi connectivity index (χ2n) is 22.1. The summed E-state index contributed by atoms with van der Waals surface area (Å²) in [4.78, 5) is 15.3. The maximum Gasteiger partial charge on any atom is 0.332 e. The first-order valence-corrected chi connectivity index (χ1v) is 27.2. The molecule has 0 amide bonds. The average molecular weight is 882 g/mol. The molecule has 0 N–H and O–H groups in total. The molecule has 4 aliphatic carbocycles. The van der Waals surface area contributed by atoms with E-state index in [2.05, 4.69) is 64.7 Å². The first-order valence-electron chi connectivity index (χ1n) is 27.2. The van der Waals surface area contributed by atoms with Crippen molar-refractivity contribution in [3.63, 3.8) is 0 Å². The van der Waals surface area contributed by atoms with E-state index in [0.29, 0.717) is 18.6 Å². The SMILES string of the molecule is CCCCCCCC/C=C\CCCCCCCCOCC(CN1CCOCC1)OCCOC(=O)COC1CCC2(C)C(=CCC3C2CCC2(C)C(C(C)CCCC(C)C)CCC32)C1. The molecule has 4 fully saturated rings. The van der Waals surface area contributed by atoms with Crippen LogP contribution in [0.2, 0.25) is 0 Å². The number of nitrogens with zero attached hydrogens (tertiary/aromatic N) is 1. The van der Waals surface area contributed by atoms with Crippen molar-refractivity contribution in [2.75, 3.05) is 65.9 Å². The lowest BCUT2D eigenvalue weighted by atomic mass is 9.47. The number of allylic oxidation sites excluding steroid dienone is 3. The summed E-state index contributed by atoms with van der Waals surface area (Å²) < 4.78 is 29.9. The molecule has 63 heavy (non-hydrogen) atoms. The number of unbranched alkanes of at least 4 members (excludes halogenated alkanes) is 12. The Morgan fingerprint density at radius 1 is 0.810 bits per heavy atom. The quantitative estimate of drug-likeness (QED) is 0.0379. The molecular weight excluding hydrogens is 783 g/mol. The number of carbonyl (C=O) groups is 1. The van der Waals surface area contributed by atoms with Crippen molar-refractivity contribution in [3.8, 4) is 0 Å². The van der Waals surface area contributed by atoms with E-state index >= 15 is 0 Å². The lowest BCUT2D eigenvalue weighted by Crippen LogP contribution is -2.51. The molecule has 0 bridgehead atoms. The smallest absolute Gasteiger partial charge is 0.332 e. The van der Waals surface area contributed by atoms with Gasteiger partial charge in [0.05, 0.1) is 38.6 Å². The molecule has 0 aromatic rings. The Morgan fingerprint density at radius 2 is 1.52 bits per heavy atom. The van der Waals surface area contributed by atoms with Crippen molar-refractivity contribution in [2.24, 2.45) is 46.3 Å². The summed E-state index contributed by atoms with van der Waals surface area (Å²) in [5.74, 6) is 4.80. The highest BCUT2D eigenvalue weighted by atomic mass is 16.6. The topological polar surface area (TPSA) is 66.5 Å². The molecule has 1 saturated heterocycles. The van der Waals surface area contributed by atoms with Gasteiger partial charge in [0.1, 0.15) is 13.2 Å². The molecule has 7 heteroatoms. The first-order chi connectivity index (χ1) is 30.6. The fourth-order valence-electron chi connectivity index (χ4n) is 13.3. The lowest BCUT2D eigenvalue weighted by molar-refractivity contribution is -0.154. The molecule has 364 valence electrons. The summed E-state index contributed by atoms with van der Waals surface area (Å²) in [6.45, 7) is 21.0. The van der Waals surface area contributed by atoms with Crippen LogP contribution in [0.5, 0.6) is 0 Å². The van der Waals surface area contributed by atoms with Gasteiger partial charge >= 0.3 is 5.97 Å². The summed E-state index contributed by atoms with van der Waals surface area (Å²) in [6.07, 6.45) is 40.1. The fraction of sp³-hybridized carbons (Fsp3) is 0.911. The van der Waals surface area contributed by atoms with E-state index in [9.17, 15) is 4.79 Å². The Balaban J connectivity index is 0.928. The number of morpholine rings is 1. The molecule has 5 rings (SSSR count). The van der Waals surface area contributed by atoms with E-state index in [-0.39, 0.29) is 36.8 Å². The van der Waals surface area contributed by atoms with Crippen molar-refractivity contribution >= 4 is 5.97 Å². The predicted molar refractivity (Wildman–Crippen MR) is 261 cm³/mol. The van der Waals surface area contributed by atoms with Crippen molar-refractivity contribution in [1.29, 1.82) is 0 Å².